The highest BCUT2D eigenvalue weighted by Gasteiger charge is 2.09. The molecule has 0 atom stereocenters. The zero-order valence-corrected chi connectivity index (χ0v) is 11.5. The van der Waals surface area contributed by atoms with Crippen LogP contribution in [0.4, 0.5) is 0 Å². The summed E-state index contributed by atoms with van der Waals surface area (Å²) in [5, 5.41) is 8.25. The highest BCUT2D eigenvalue weighted by Crippen LogP contribution is 2.08. The lowest BCUT2D eigenvalue weighted by atomic mass is 10.2. The van der Waals surface area contributed by atoms with Crippen LogP contribution >= 0.6 is 12.2 Å². The first kappa shape index (κ1) is 13.7. The van der Waals surface area contributed by atoms with Gasteiger partial charge in [-0.15, -0.1) is 6.58 Å². The summed E-state index contributed by atoms with van der Waals surface area (Å²) >= 11 is 5.26. The molecule has 5 heteroatoms. The first-order valence-corrected chi connectivity index (χ1v) is 6.12. The maximum atomic E-state index is 5.26. The van der Waals surface area contributed by atoms with Gasteiger partial charge in [-0.05, 0) is 26.1 Å². The normalized spacial score (nSPS) is 10.1. The van der Waals surface area contributed by atoms with E-state index >= 15 is 0 Å². The van der Waals surface area contributed by atoms with Crippen molar-refractivity contribution in [2.24, 2.45) is 0 Å². The number of aromatic nitrogens is 2. The minimum absolute atomic E-state index is 0.691. The quantitative estimate of drug-likeness (QED) is 0.639. The molecule has 1 rings (SSSR count). The molecule has 0 aliphatic rings. The number of rotatable bonds is 5. The van der Waals surface area contributed by atoms with E-state index in [9.17, 15) is 0 Å². The molecule has 4 nitrogen and oxygen atoms in total. The number of hydrogen-bond acceptors (Lipinski definition) is 2. The van der Waals surface area contributed by atoms with Crippen molar-refractivity contribution in [1.29, 1.82) is 0 Å². The third-order valence-electron chi connectivity index (χ3n) is 2.52. The molecule has 0 bridgehead atoms. The van der Waals surface area contributed by atoms with Crippen LogP contribution in [0.25, 0.3) is 0 Å². The maximum absolute atomic E-state index is 5.26. The van der Waals surface area contributed by atoms with Gasteiger partial charge in [0.2, 0.25) is 0 Å². The number of thiocarbonyl (C=S) groups is 1. The van der Waals surface area contributed by atoms with E-state index in [-0.39, 0.29) is 0 Å². The molecule has 1 heterocycles. The Labute approximate surface area is 108 Å². The molecule has 0 unspecified atom stereocenters. The Morgan fingerprint density at radius 3 is 2.94 bits per heavy atom. The van der Waals surface area contributed by atoms with Crippen LogP contribution in [-0.4, -0.2) is 33.4 Å². The van der Waals surface area contributed by atoms with Gasteiger partial charge in [0.25, 0.3) is 0 Å². The molecule has 0 saturated carbocycles. The van der Waals surface area contributed by atoms with Gasteiger partial charge in [-0.1, -0.05) is 6.08 Å². The summed E-state index contributed by atoms with van der Waals surface area (Å²) in [6.07, 6.45) is 3.86. The van der Waals surface area contributed by atoms with Gasteiger partial charge in [-0.25, -0.2) is 0 Å². The molecule has 94 valence electrons. The van der Waals surface area contributed by atoms with E-state index in [0.717, 1.165) is 23.9 Å². The molecule has 0 radical (unpaired) electrons. The van der Waals surface area contributed by atoms with Crippen molar-refractivity contribution in [2.45, 2.75) is 26.9 Å². The molecule has 0 saturated heterocycles. The van der Waals surface area contributed by atoms with Gasteiger partial charge in [-0.2, -0.15) is 5.10 Å². The third-order valence-corrected chi connectivity index (χ3v) is 2.98. The first-order valence-electron chi connectivity index (χ1n) is 5.71. The summed E-state index contributed by atoms with van der Waals surface area (Å²) in [6, 6.07) is 0. The van der Waals surface area contributed by atoms with Gasteiger partial charge >= 0.3 is 0 Å². The van der Waals surface area contributed by atoms with Crippen LogP contribution < -0.4 is 5.32 Å². The molecule has 1 aromatic heterocycles. The minimum atomic E-state index is 0.691. The molecule has 1 N–H and O–H groups in total. The summed E-state index contributed by atoms with van der Waals surface area (Å²) in [6.45, 7) is 10.1. The van der Waals surface area contributed by atoms with E-state index in [4.69, 9.17) is 12.2 Å². The van der Waals surface area contributed by atoms with Crippen molar-refractivity contribution < 1.29 is 0 Å². The molecule has 0 aliphatic carbocycles. The van der Waals surface area contributed by atoms with Crippen LogP contribution in [0.2, 0.25) is 0 Å². The Hall–Kier alpha value is -1.36. The van der Waals surface area contributed by atoms with Crippen molar-refractivity contribution in [3.05, 3.63) is 30.1 Å². The van der Waals surface area contributed by atoms with Crippen LogP contribution in [0, 0.1) is 6.92 Å². The molecule has 0 amide bonds. The SMILES string of the molecule is C=CCNC(=S)N(C)Cc1cn(CC)nc1C. The minimum Gasteiger partial charge on any atom is -0.359 e. The van der Waals surface area contributed by atoms with E-state index in [2.05, 4.69) is 30.1 Å². The monoisotopic (exact) mass is 252 g/mol. The molecule has 0 spiro atoms. The van der Waals surface area contributed by atoms with E-state index in [1.165, 1.54) is 5.56 Å². The number of aryl methyl sites for hydroxylation is 2. The third kappa shape index (κ3) is 3.85. The lowest BCUT2D eigenvalue weighted by Crippen LogP contribution is -2.36. The average Bonchev–Trinajstić information content (AvgIpc) is 2.67. The standard InChI is InChI=1S/C12H20N4S/c1-5-7-13-12(17)15(4)8-11-9-16(6-2)14-10(11)3/h5,9H,1,6-8H2,2-4H3,(H,13,17). The Kier molecular flexibility index (Phi) is 5.15. The zero-order valence-electron chi connectivity index (χ0n) is 10.7. The molecule has 0 aromatic carbocycles. The smallest absolute Gasteiger partial charge is 0.169 e. The van der Waals surface area contributed by atoms with E-state index in [1.54, 1.807) is 6.08 Å². The van der Waals surface area contributed by atoms with Crippen LogP contribution in [0.5, 0.6) is 0 Å². The van der Waals surface area contributed by atoms with E-state index < -0.39 is 0 Å². The summed E-state index contributed by atoms with van der Waals surface area (Å²) in [5.41, 5.74) is 2.27. The number of nitrogens with zero attached hydrogens (tertiary/aromatic N) is 3. The first-order chi connectivity index (χ1) is 8.08. The molecular weight excluding hydrogens is 232 g/mol. The van der Waals surface area contributed by atoms with Gasteiger partial charge < -0.3 is 10.2 Å². The summed E-state index contributed by atoms with van der Waals surface area (Å²) in [4.78, 5) is 2.00. The summed E-state index contributed by atoms with van der Waals surface area (Å²) in [5.74, 6) is 0. The van der Waals surface area contributed by atoms with Gasteiger partial charge in [-0.3, -0.25) is 4.68 Å². The molecular formula is C12H20N4S. The van der Waals surface area contributed by atoms with Crippen molar-refractivity contribution in [3.8, 4) is 0 Å². The Morgan fingerprint density at radius 1 is 1.71 bits per heavy atom. The van der Waals surface area contributed by atoms with Crippen molar-refractivity contribution in [2.75, 3.05) is 13.6 Å². The highest BCUT2D eigenvalue weighted by atomic mass is 32.1. The highest BCUT2D eigenvalue weighted by molar-refractivity contribution is 7.80. The largest absolute Gasteiger partial charge is 0.359 e. The summed E-state index contributed by atoms with van der Waals surface area (Å²) in [7, 11) is 1.97. The molecule has 0 aliphatic heterocycles. The molecule has 0 fully saturated rings. The van der Waals surface area contributed by atoms with Crippen LogP contribution in [0.1, 0.15) is 18.2 Å². The van der Waals surface area contributed by atoms with Crippen LogP contribution in [0.15, 0.2) is 18.9 Å². The average molecular weight is 252 g/mol. The number of hydrogen-bond donors (Lipinski definition) is 1. The van der Waals surface area contributed by atoms with Crippen LogP contribution in [-0.2, 0) is 13.1 Å². The van der Waals surface area contributed by atoms with Gasteiger partial charge in [0.1, 0.15) is 0 Å². The van der Waals surface area contributed by atoms with Gasteiger partial charge in [0.05, 0.1) is 5.69 Å². The Morgan fingerprint density at radius 2 is 2.41 bits per heavy atom. The fourth-order valence-electron chi connectivity index (χ4n) is 1.50. The maximum Gasteiger partial charge on any atom is 0.169 e. The fraction of sp³-hybridized carbons (Fsp3) is 0.500. The Balaban J connectivity index is 2.60. The topological polar surface area (TPSA) is 33.1 Å². The predicted molar refractivity (Wildman–Crippen MR) is 74.9 cm³/mol. The predicted octanol–water partition coefficient (Wildman–Crippen LogP) is 1.70. The lowest BCUT2D eigenvalue weighted by molar-refractivity contribution is 0.490. The fourth-order valence-corrected chi connectivity index (χ4v) is 1.65. The summed E-state index contributed by atoms with van der Waals surface area (Å²) < 4.78 is 1.94. The zero-order chi connectivity index (χ0) is 12.8. The van der Waals surface area contributed by atoms with E-state index in [1.807, 2.05) is 23.6 Å². The van der Waals surface area contributed by atoms with Crippen molar-refractivity contribution >= 4 is 17.3 Å². The molecule has 17 heavy (non-hydrogen) atoms. The lowest BCUT2D eigenvalue weighted by Gasteiger charge is -2.20. The Bertz CT molecular complexity index is 397. The van der Waals surface area contributed by atoms with Gasteiger partial charge in [0.15, 0.2) is 5.11 Å². The second-order valence-electron chi connectivity index (χ2n) is 3.93. The van der Waals surface area contributed by atoms with Crippen molar-refractivity contribution in [1.82, 2.24) is 20.0 Å². The second kappa shape index (κ2) is 6.39. The van der Waals surface area contributed by atoms with Crippen LogP contribution in [0.3, 0.4) is 0 Å². The van der Waals surface area contributed by atoms with E-state index in [0.29, 0.717) is 6.54 Å². The van der Waals surface area contributed by atoms with Gasteiger partial charge in [0, 0.05) is 38.4 Å². The second-order valence-corrected chi connectivity index (χ2v) is 4.31. The van der Waals surface area contributed by atoms with Crippen molar-refractivity contribution in [3.63, 3.8) is 0 Å². The number of nitrogens with one attached hydrogen (secondary N) is 1. The molecule has 1 aromatic rings.